The van der Waals surface area contributed by atoms with Gasteiger partial charge in [0, 0.05) is 7.05 Å². The number of fused-ring (bicyclic) bond motifs is 1. The topological polar surface area (TPSA) is 96.3 Å². The molecule has 0 aliphatic rings. The minimum absolute atomic E-state index is 0.135. The highest BCUT2D eigenvalue weighted by Crippen LogP contribution is 2.28. The van der Waals surface area contributed by atoms with Crippen LogP contribution in [0, 0.1) is 6.92 Å². The Bertz CT molecular complexity index is 1200. The molecule has 0 spiro atoms. The third-order valence-corrected chi connectivity index (χ3v) is 4.16. The van der Waals surface area contributed by atoms with Gasteiger partial charge in [0.2, 0.25) is 0 Å². The van der Waals surface area contributed by atoms with Crippen molar-refractivity contribution in [2.24, 2.45) is 7.05 Å². The highest BCUT2D eigenvalue weighted by atomic mass is 19.4. The molecule has 8 nitrogen and oxygen atoms in total. The fourth-order valence-electron chi connectivity index (χ4n) is 2.76. The van der Waals surface area contributed by atoms with Crippen molar-refractivity contribution in [3.63, 3.8) is 0 Å². The molecule has 0 aliphatic carbocycles. The van der Waals surface area contributed by atoms with Gasteiger partial charge in [0.25, 0.3) is 5.56 Å². The first-order valence-corrected chi connectivity index (χ1v) is 7.90. The van der Waals surface area contributed by atoms with Crippen molar-refractivity contribution in [3.05, 3.63) is 61.8 Å². The number of pyridine rings is 1. The van der Waals surface area contributed by atoms with Crippen LogP contribution in [-0.4, -0.2) is 27.2 Å². The normalized spacial score (nSPS) is 11.8. The van der Waals surface area contributed by atoms with Crippen LogP contribution >= 0.6 is 0 Å². The molecule has 11 heteroatoms. The van der Waals surface area contributed by atoms with Crippen molar-refractivity contribution in [1.29, 1.82) is 0 Å². The molecule has 0 atom stereocenters. The molecule has 148 valence electrons. The summed E-state index contributed by atoms with van der Waals surface area (Å²) in [5.41, 5.74) is -3.16. The third-order valence-electron chi connectivity index (χ3n) is 4.16. The van der Waals surface area contributed by atoms with Gasteiger partial charge in [0.1, 0.15) is 28.4 Å². The van der Waals surface area contributed by atoms with Gasteiger partial charge < -0.3 is 9.15 Å². The molecule has 0 N–H and O–H groups in total. The van der Waals surface area contributed by atoms with E-state index < -0.39 is 29.1 Å². The number of halogens is 3. The predicted molar refractivity (Wildman–Crippen MR) is 90.1 cm³/mol. The first-order valence-electron chi connectivity index (χ1n) is 7.90. The summed E-state index contributed by atoms with van der Waals surface area (Å²) < 4.78 is 50.2. The van der Waals surface area contributed by atoms with E-state index in [1.807, 2.05) is 0 Å². The summed E-state index contributed by atoms with van der Waals surface area (Å²) in [6.45, 7) is 1.19. The zero-order valence-electron chi connectivity index (χ0n) is 15.0. The van der Waals surface area contributed by atoms with Crippen molar-refractivity contribution in [1.82, 2.24) is 14.1 Å². The third kappa shape index (κ3) is 3.19. The minimum atomic E-state index is -4.71. The zero-order chi connectivity index (χ0) is 20.8. The van der Waals surface area contributed by atoms with Gasteiger partial charge in [-0.15, -0.1) is 0 Å². The van der Waals surface area contributed by atoms with Gasteiger partial charge in [0.05, 0.1) is 19.0 Å². The number of hydrogen-bond donors (Lipinski definition) is 0. The molecular weight excluding hydrogens is 383 g/mol. The van der Waals surface area contributed by atoms with Crippen LogP contribution in [-0.2, 0) is 24.5 Å². The number of hydrogen-bond acceptors (Lipinski definition) is 6. The molecule has 0 fully saturated rings. The highest BCUT2D eigenvalue weighted by Gasteiger charge is 2.33. The van der Waals surface area contributed by atoms with Crippen molar-refractivity contribution in [3.8, 4) is 0 Å². The number of alkyl halides is 3. The standard InChI is InChI=1S/C17H14F3N3O5/c1-8-11(15(25)27-3)6-9(28-8)7-23-14(24)10-4-5-12(17(18,19)20)21-13(10)22(2)16(23)26/h4-6H,7H2,1-3H3. The fraction of sp³-hybridized carbons (Fsp3) is 0.294. The van der Waals surface area contributed by atoms with E-state index in [0.29, 0.717) is 6.07 Å². The van der Waals surface area contributed by atoms with Crippen molar-refractivity contribution >= 4 is 17.0 Å². The lowest BCUT2D eigenvalue weighted by molar-refractivity contribution is -0.141. The molecule has 3 rings (SSSR count). The number of esters is 1. The largest absolute Gasteiger partial charge is 0.465 e. The van der Waals surface area contributed by atoms with E-state index in [1.165, 1.54) is 27.1 Å². The van der Waals surface area contributed by atoms with Crippen LogP contribution in [0.15, 0.2) is 32.2 Å². The molecule has 3 aromatic heterocycles. The second-order valence-corrected chi connectivity index (χ2v) is 5.97. The summed E-state index contributed by atoms with van der Waals surface area (Å²) in [4.78, 5) is 40.2. The maximum atomic E-state index is 12.9. The average Bonchev–Trinajstić information content (AvgIpc) is 3.02. The summed E-state index contributed by atoms with van der Waals surface area (Å²) in [6.07, 6.45) is -4.71. The minimum Gasteiger partial charge on any atom is -0.465 e. The number of rotatable bonds is 3. The Morgan fingerprint density at radius 3 is 2.57 bits per heavy atom. The number of aryl methyl sites for hydroxylation is 2. The fourth-order valence-corrected chi connectivity index (χ4v) is 2.76. The number of furan rings is 1. The van der Waals surface area contributed by atoms with Crippen molar-refractivity contribution in [2.45, 2.75) is 19.6 Å². The lowest BCUT2D eigenvalue weighted by Gasteiger charge is -2.11. The Balaban J connectivity index is 2.14. The van der Waals surface area contributed by atoms with Crippen LogP contribution < -0.4 is 11.2 Å². The van der Waals surface area contributed by atoms with Gasteiger partial charge in [-0.2, -0.15) is 13.2 Å². The Hall–Kier alpha value is -3.37. The number of aromatic nitrogens is 3. The summed E-state index contributed by atoms with van der Waals surface area (Å²) >= 11 is 0. The Kier molecular flexibility index (Phi) is 4.61. The molecule has 0 aromatic carbocycles. The molecule has 0 saturated carbocycles. The van der Waals surface area contributed by atoms with Crippen molar-refractivity contribution < 1.29 is 27.1 Å². The molecule has 0 radical (unpaired) electrons. The molecule has 0 amide bonds. The van der Waals surface area contributed by atoms with Crippen LogP contribution in [0.4, 0.5) is 13.2 Å². The Morgan fingerprint density at radius 1 is 1.29 bits per heavy atom. The predicted octanol–water partition coefficient (Wildman–Crippen LogP) is 1.85. The smallest absolute Gasteiger partial charge is 0.433 e. The number of nitrogens with zero attached hydrogens (tertiary/aromatic N) is 3. The molecule has 3 heterocycles. The Morgan fingerprint density at radius 2 is 1.96 bits per heavy atom. The van der Waals surface area contributed by atoms with Gasteiger partial charge in [-0.05, 0) is 25.1 Å². The summed E-state index contributed by atoms with van der Waals surface area (Å²) in [6, 6.07) is 2.98. The van der Waals surface area contributed by atoms with E-state index in [-0.39, 0.29) is 34.7 Å². The number of methoxy groups -OCH3 is 1. The number of ether oxygens (including phenoxy) is 1. The number of carbonyl (C=O) groups is 1. The molecule has 0 aliphatic heterocycles. The van der Waals surface area contributed by atoms with E-state index in [2.05, 4.69) is 9.72 Å². The molecule has 0 saturated heterocycles. The lowest BCUT2D eigenvalue weighted by atomic mass is 10.2. The van der Waals surface area contributed by atoms with E-state index >= 15 is 0 Å². The highest BCUT2D eigenvalue weighted by molar-refractivity contribution is 5.90. The van der Waals surface area contributed by atoms with Crippen molar-refractivity contribution in [2.75, 3.05) is 7.11 Å². The second kappa shape index (κ2) is 6.66. The molecule has 3 aromatic rings. The van der Waals surface area contributed by atoms with E-state index in [4.69, 9.17) is 4.42 Å². The maximum absolute atomic E-state index is 12.9. The van der Waals surface area contributed by atoms with Gasteiger partial charge in [-0.3, -0.25) is 13.9 Å². The van der Waals surface area contributed by atoms with Gasteiger partial charge >= 0.3 is 17.8 Å². The first kappa shape index (κ1) is 19.4. The Labute approximate surface area is 154 Å². The van der Waals surface area contributed by atoms with Gasteiger partial charge in [-0.25, -0.2) is 14.6 Å². The second-order valence-electron chi connectivity index (χ2n) is 5.97. The van der Waals surface area contributed by atoms with E-state index in [0.717, 1.165) is 15.2 Å². The molecule has 0 bridgehead atoms. The quantitative estimate of drug-likeness (QED) is 0.626. The summed E-state index contributed by atoms with van der Waals surface area (Å²) in [5, 5.41) is -0.161. The SMILES string of the molecule is COC(=O)c1cc(Cn2c(=O)c3ccc(C(F)(F)F)nc3n(C)c2=O)oc1C. The lowest BCUT2D eigenvalue weighted by Crippen LogP contribution is -2.39. The van der Waals surface area contributed by atoms with E-state index in [1.54, 1.807) is 0 Å². The summed E-state index contributed by atoms with van der Waals surface area (Å²) in [7, 11) is 2.40. The van der Waals surface area contributed by atoms with Crippen LogP contribution in [0.3, 0.4) is 0 Å². The van der Waals surface area contributed by atoms with Crippen LogP contribution in [0.25, 0.3) is 11.0 Å². The monoisotopic (exact) mass is 397 g/mol. The van der Waals surface area contributed by atoms with Crippen LogP contribution in [0.1, 0.15) is 27.6 Å². The van der Waals surface area contributed by atoms with Gasteiger partial charge in [-0.1, -0.05) is 0 Å². The van der Waals surface area contributed by atoms with E-state index in [9.17, 15) is 27.6 Å². The van der Waals surface area contributed by atoms with Crippen LogP contribution in [0.2, 0.25) is 0 Å². The first-order chi connectivity index (χ1) is 13.0. The summed E-state index contributed by atoms with van der Waals surface area (Å²) in [5.74, 6) is -0.268. The van der Waals surface area contributed by atoms with Gasteiger partial charge in [0.15, 0.2) is 0 Å². The maximum Gasteiger partial charge on any atom is 0.433 e. The molecular formula is C17H14F3N3O5. The molecule has 0 unspecified atom stereocenters. The number of carbonyl (C=O) groups excluding carboxylic acids is 1. The van der Waals surface area contributed by atoms with Crippen LogP contribution in [0.5, 0.6) is 0 Å². The molecule has 28 heavy (non-hydrogen) atoms. The average molecular weight is 397 g/mol. The zero-order valence-corrected chi connectivity index (χ0v) is 15.0.